The summed E-state index contributed by atoms with van der Waals surface area (Å²) in [6, 6.07) is 0. The highest BCUT2D eigenvalue weighted by molar-refractivity contribution is 7.47. The standard InChI is InChI=1S/C42H76NO7P/c1-5-6-7-8-9-10-11-12-13-14-15-16-17-18-19-20-21-22-23-24-25-26-27-28-29-30-31-32-33-34-35-36-42(45)48-39-41(44)40-50-51(46,47)49-38-37-43(2,3)4/h6-7,9-10,12-13,15-16,18-19,41,44H,5,8,11,14,17,20-40H2,1-4H3/p+1/b7-6-,10-9-,13-12-,16-15-,19-18-. The summed E-state index contributed by atoms with van der Waals surface area (Å²) in [6.07, 6.45) is 46.8. The van der Waals surface area contributed by atoms with Crippen LogP contribution in [-0.2, 0) is 23.1 Å². The third kappa shape index (κ3) is 40.8. The minimum Gasteiger partial charge on any atom is -0.463 e. The van der Waals surface area contributed by atoms with Gasteiger partial charge in [0.1, 0.15) is 25.9 Å². The van der Waals surface area contributed by atoms with Gasteiger partial charge in [-0.3, -0.25) is 13.8 Å². The lowest BCUT2D eigenvalue weighted by atomic mass is 10.0. The second kappa shape index (κ2) is 35.2. The summed E-state index contributed by atoms with van der Waals surface area (Å²) >= 11 is 0. The number of quaternary nitrogens is 1. The number of carbonyl (C=O) groups excluding carboxylic acids is 1. The Balaban J connectivity index is 3.44. The minimum absolute atomic E-state index is 0.0529. The molecule has 2 unspecified atom stereocenters. The lowest BCUT2D eigenvalue weighted by Crippen LogP contribution is -2.37. The number of ether oxygens (including phenoxy) is 1. The molecule has 0 spiro atoms. The number of rotatable bonds is 36. The van der Waals surface area contributed by atoms with Crippen molar-refractivity contribution in [1.29, 1.82) is 0 Å². The maximum Gasteiger partial charge on any atom is 0.472 e. The van der Waals surface area contributed by atoms with E-state index in [-0.39, 0.29) is 19.2 Å². The number of aliphatic hydroxyl groups excluding tert-OH is 1. The monoisotopic (exact) mass is 739 g/mol. The highest BCUT2D eigenvalue weighted by Gasteiger charge is 2.24. The zero-order chi connectivity index (χ0) is 37.7. The van der Waals surface area contributed by atoms with Gasteiger partial charge in [-0.2, -0.15) is 0 Å². The van der Waals surface area contributed by atoms with Crippen LogP contribution in [0.25, 0.3) is 0 Å². The fourth-order valence-corrected chi connectivity index (χ4v) is 5.90. The minimum atomic E-state index is -4.25. The Morgan fingerprint density at radius 3 is 1.47 bits per heavy atom. The molecule has 0 aromatic carbocycles. The Morgan fingerprint density at radius 2 is 1.02 bits per heavy atom. The van der Waals surface area contributed by atoms with E-state index in [9.17, 15) is 19.4 Å². The van der Waals surface area contributed by atoms with Crippen molar-refractivity contribution in [3.8, 4) is 0 Å². The molecule has 0 heterocycles. The molecule has 9 heteroatoms. The van der Waals surface area contributed by atoms with Crippen molar-refractivity contribution >= 4 is 13.8 Å². The first kappa shape index (κ1) is 49.2. The van der Waals surface area contributed by atoms with Crippen molar-refractivity contribution in [2.75, 3.05) is 47.5 Å². The summed E-state index contributed by atoms with van der Waals surface area (Å²) in [7, 11) is 1.56. The maximum absolute atomic E-state index is 11.9. The average molecular weight is 739 g/mol. The van der Waals surface area contributed by atoms with Gasteiger partial charge in [0.2, 0.25) is 0 Å². The lowest BCUT2D eigenvalue weighted by molar-refractivity contribution is -0.870. The van der Waals surface area contributed by atoms with Crippen molar-refractivity contribution in [3.05, 3.63) is 60.8 Å². The van der Waals surface area contributed by atoms with Crippen LogP contribution >= 0.6 is 7.82 Å². The van der Waals surface area contributed by atoms with Crippen molar-refractivity contribution in [2.45, 2.75) is 154 Å². The van der Waals surface area contributed by atoms with Crippen LogP contribution in [0.1, 0.15) is 148 Å². The first-order chi connectivity index (χ1) is 24.6. The Kier molecular flexibility index (Phi) is 34.0. The maximum atomic E-state index is 11.9. The van der Waals surface area contributed by atoms with Crippen molar-refractivity contribution in [1.82, 2.24) is 0 Å². The van der Waals surface area contributed by atoms with E-state index >= 15 is 0 Å². The van der Waals surface area contributed by atoms with E-state index in [1.807, 2.05) is 21.1 Å². The Hall–Kier alpha value is -1.80. The van der Waals surface area contributed by atoms with Gasteiger partial charge in [0.05, 0.1) is 27.7 Å². The number of allylic oxidation sites excluding steroid dienone is 10. The molecule has 0 rings (SSSR count). The third-order valence-electron chi connectivity index (χ3n) is 8.29. The summed E-state index contributed by atoms with van der Waals surface area (Å²) in [5.74, 6) is -0.373. The van der Waals surface area contributed by atoms with E-state index in [1.165, 1.54) is 83.5 Å². The van der Waals surface area contributed by atoms with E-state index in [1.54, 1.807) is 0 Å². The first-order valence-corrected chi connectivity index (χ1v) is 21.6. The number of phosphoric acid groups is 1. The number of carbonyl (C=O) groups is 1. The molecule has 296 valence electrons. The van der Waals surface area contributed by atoms with Gasteiger partial charge in [0, 0.05) is 6.42 Å². The highest BCUT2D eigenvalue weighted by atomic mass is 31.2. The fraction of sp³-hybridized carbons (Fsp3) is 0.738. The number of likely N-dealkylation sites (N-methyl/N-ethyl adjacent to an activating group) is 1. The third-order valence-corrected chi connectivity index (χ3v) is 9.28. The zero-order valence-electron chi connectivity index (χ0n) is 33.1. The van der Waals surface area contributed by atoms with Crippen molar-refractivity contribution < 1.29 is 37.6 Å². The van der Waals surface area contributed by atoms with Gasteiger partial charge in [-0.05, 0) is 51.4 Å². The van der Waals surface area contributed by atoms with Gasteiger partial charge in [-0.25, -0.2) is 4.57 Å². The van der Waals surface area contributed by atoms with Gasteiger partial charge in [0.25, 0.3) is 0 Å². The van der Waals surface area contributed by atoms with Gasteiger partial charge in [-0.1, -0.05) is 151 Å². The molecule has 0 aliphatic heterocycles. The Morgan fingerprint density at radius 1 is 0.608 bits per heavy atom. The normalized spacial score (nSPS) is 14.5. The molecule has 0 aliphatic carbocycles. The number of unbranched alkanes of at least 4 members (excludes halogenated alkanes) is 15. The molecule has 51 heavy (non-hydrogen) atoms. The second-order valence-corrected chi connectivity index (χ2v) is 16.0. The van der Waals surface area contributed by atoms with Crippen LogP contribution < -0.4 is 0 Å². The van der Waals surface area contributed by atoms with Crippen LogP contribution in [0.15, 0.2) is 60.8 Å². The molecule has 0 aliphatic rings. The van der Waals surface area contributed by atoms with E-state index < -0.39 is 20.5 Å². The average Bonchev–Trinajstić information content (AvgIpc) is 3.08. The number of nitrogens with zero attached hydrogens (tertiary/aromatic N) is 1. The molecule has 0 aromatic rings. The molecular weight excluding hydrogens is 661 g/mol. The summed E-state index contributed by atoms with van der Waals surface area (Å²) < 4.78 is 27.2. The van der Waals surface area contributed by atoms with Crippen LogP contribution in [0.5, 0.6) is 0 Å². The van der Waals surface area contributed by atoms with E-state index in [0.717, 1.165) is 51.4 Å². The predicted molar refractivity (Wildman–Crippen MR) is 215 cm³/mol. The predicted octanol–water partition coefficient (Wildman–Crippen LogP) is 11.1. The van der Waals surface area contributed by atoms with Gasteiger partial charge < -0.3 is 19.2 Å². The molecule has 0 saturated carbocycles. The topological polar surface area (TPSA) is 102 Å². The molecule has 0 saturated heterocycles. The van der Waals surface area contributed by atoms with Crippen molar-refractivity contribution in [2.24, 2.45) is 0 Å². The van der Waals surface area contributed by atoms with E-state index in [0.29, 0.717) is 17.4 Å². The van der Waals surface area contributed by atoms with Gasteiger partial charge in [0.15, 0.2) is 0 Å². The quantitative estimate of drug-likeness (QED) is 0.0217. The van der Waals surface area contributed by atoms with Crippen LogP contribution in [0.3, 0.4) is 0 Å². The fourth-order valence-electron chi connectivity index (χ4n) is 5.16. The molecule has 0 radical (unpaired) electrons. The number of hydrogen-bond acceptors (Lipinski definition) is 6. The highest BCUT2D eigenvalue weighted by Crippen LogP contribution is 2.43. The number of phosphoric ester groups is 1. The first-order valence-electron chi connectivity index (χ1n) is 20.1. The van der Waals surface area contributed by atoms with E-state index in [2.05, 4.69) is 67.7 Å². The van der Waals surface area contributed by atoms with Crippen LogP contribution in [-0.4, -0.2) is 74.1 Å². The van der Waals surface area contributed by atoms with Crippen LogP contribution in [0.4, 0.5) is 0 Å². The molecule has 0 fully saturated rings. The molecule has 2 atom stereocenters. The number of esters is 1. The second-order valence-electron chi connectivity index (χ2n) is 14.5. The van der Waals surface area contributed by atoms with Gasteiger partial charge in [-0.15, -0.1) is 0 Å². The molecule has 2 N–H and O–H groups in total. The van der Waals surface area contributed by atoms with Crippen LogP contribution in [0.2, 0.25) is 0 Å². The molecule has 0 bridgehead atoms. The summed E-state index contributed by atoms with van der Waals surface area (Å²) in [6.45, 7) is 2.03. The largest absolute Gasteiger partial charge is 0.472 e. The van der Waals surface area contributed by atoms with Gasteiger partial charge >= 0.3 is 13.8 Å². The molecule has 8 nitrogen and oxygen atoms in total. The molecular formula is C42H77NO7P+. The number of aliphatic hydroxyl groups is 1. The Labute approximate surface area is 313 Å². The van der Waals surface area contributed by atoms with E-state index in [4.69, 9.17) is 13.8 Å². The summed E-state index contributed by atoms with van der Waals surface area (Å²) in [5, 5.41) is 9.90. The summed E-state index contributed by atoms with van der Waals surface area (Å²) in [4.78, 5) is 21.6. The molecule has 0 aromatic heterocycles. The lowest BCUT2D eigenvalue weighted by Gasteiger charge is -2.24. The number of hydrogen-bond donors (Lipinski definition) is 2. The smallest absolute Gasteiger partial charge is 0.463 e. The van der Waals surface area contributed by atoms with Crippen LogP contribution in [0, 0.1) is 0 Å². The SMILES string of the molecule is CC/C=C\C/C=C\C/C=C\C/C=C\C/C=C\CCCCCCCCCCCCCCCCCC(=O)OCC(O)COP(=O)(O)OCC[N+](C)(C)C. The molecule has 0 amide bonds. The Bertz CT molecular complexity index is 1000. The summed E-state index contributed by atoms with van der Waals surface area (Å²) in [5.41, 5.74) is 0. The zero-order valence-corrected chi connectivity index (χ0v) is 34.0. The van der Waals surface area contributed by atoms with Crippen molar-refractivity contribution in [3.63, 3.8) is 0 Å².